The van der Waals surface area contributed by atoms with E-state index in [1.165, 1.54) is 0 Å². The molecule has 1 unspecified atom stereocenters. The third-order valence-corrected chi connectivity index (χ3v) is 6.49. The van der Waals surface area contributed by atoms with E-state index < -0.39 is 5.97 Å². The number of pyridine rings is 1. The molecule has 0 radical (unpaired) electrons. The Labute approximate surface area is 206 Å². The molecule has 0 fully saturated rings. The Morgan fingerprint density at radius 2 is 2.00 bits per heavy atom. The number of carbonyl (C=O) groups is 1. The summed E-state index contributed by atoms with van der Waals surface area (Å²) in [4.78, 5) is 25.3. The maximum Gasteiger partial charge on any atom is 0.343 e. The van der Waals surface area contributed by atoms with Crippen molar-refractivity contribution in [3.63, 3.8) is 0 Å². The third-order valence-electron chi connectivity index (χ3n) is 6.49. The molecule has 0 spiro atoms. The minimum absolute atomic E-state index is 0.0352. The Hall–Kier alpha value is -3.26. The van der Waals surface area contributed by atoms with E-state index in [4.69, 9.17) is 14.2 Å². The lowest BCUT2D eigenvalue weighted by Crippen LogP contribution is -2.33. The molecule has 1 aromatic carbocycles. The zero-order valence-electron chi connectivity index (χ0n) is 21.2. The van der Waals surface area contributed by atoms with Crippen LogP contribution in [0.3, 0.4) is 0 Å². The Morgan fingerprint density at radius 3 is 2.66 bits per heavy atom. The first kappa shape index (κ1) is 24.9. The molecule has 1 aromatic heterocycles. The molecule has 2 aliphatic heterocycles. The number of fused-ring (bicyclic) bond motifs is 3. The van der Waals surface area contributed by atoms with Gasteiger partial charge in [-0.25, -0.2) is 10.2 Å². The van der Waals surface area contributed by atoms with Crippen molar-refractivity contribution in [1.82, 2.24) is 15.0 Å². The quantitative estimate of drug-likeness (QED) is 0.452. The minimum Gasteiger partial charge on any atom is -0.493 e. The van der Waals surface area contributed by atoms with E-state index in [1.807, 2.05) is 22.9 Å². The first-order valence-electron chi connectivity index (χ1n) is 12.2. The maximum atomic E-state index is 12.9. The number of ether oxygens (including phenoxy) is 3. The van der Waals surface area contributed by atoms with Gasteiger partial charge in [0.05, 0.1) is 26.0 Å². The molecule has 0 saturated heterocycles. The van der Waals surface area contributed by atoms with Crippen molar-refractivity contribution in [3.05, 3.63) is 58.0 Å². The summed E-state index contributed by atoms with van der Waals surface area (Å²) in [6, 6.07) is 5.55. The van der Waals surface area contributed by atoms with Crippen LogP contribution in [0.5, 0.6) is 11.5 Å². The number of carbonyl (C=O) groups excluding carboxylic acids is 1. The summed E-state index contributed by atoms with van der Waals surface area (Å²) in [5.74, 6) is 0.723. The molecule has 0 saturated carbocycles. The Bertz CT molecular complexity index is 1180. The van der Waals surface area contributed by atoms with Gasteiger partial charge in [-0.15, -0.1) is 0 Å². The lowest BCUT2D eigenvalue weighted by Gasteiger charge is -2.39. The topological polar surface area (TPSA) is 82.0 Å². The average Bonchev–Trinajstić information content (AvgIpc) is 3.33. The van der Waals surface area contributed by atoms with Crippen LogP contribution in [0.25, 0.3) is 11.3 Å². The monoisotopic (exact) mass is 481 g/mol. The second-order valence-electron chi connectivity index (χ2n) is 9.95. The largest absolute Gasteiger partial charge is 0.493 e. The number of hydrazine groups is 1. The number of methoxy groups -OCH3 is 1. The molecule has 1 N–H and O–H groups in total. The van der Waals surface area contributed by atoms with Gasteiger partial charge < -0.3 is 23.8 Å². The zero-order chi connectivity index (χ0) is 25.2. The van der Waals surface area contributed by atoms with Crippen LogP contribution < -0.4 is 20.3 Å². The highest BCUT2D eigenvalue weighted by Gasteiger charge is 2.34. The van der Waals surface area contributed by atoms with Gasteiger partial charge in [0.15, 0.2) is 16.9 Å². The van der Waals surface area contributed by atoms with Gasteiger partial charge in [0.1, 0.15) is 5.56 Å². The number of rotatable bonds is 8. The van der Waals surface area contributed by atoms with Crippen LogP contribution >= 0.6 is 0 Å². The van der Waals surface area contributed by atoms with Crippen molar-refractivity contribution in [2.45, 2.75) is 46.6 Å². The van der Waals surface area contributed by atoms with Crippen LogP contribution in [0.2, 0.25) is 0 Å². The van der Waals surface area contributed by atoms with Crippen molar-refractivity contribution >= 4 is 5.97 Å². The normalized spacial score (nSPS) is 16.6. The predicted octanol–water partition coefficient (Wildman–Crippen LogP) is 3.95. The number of esters is 1. The predicted molar refractivity (Wildman–Crippen MR) is 135 cm³/mol. The second kappa shape index (κ2) is 10.2. The molecule has 1 atom stereocenters. The van der Waals surface area contributed by atoms with E-state index in [-0.39, 0.29) is 29.1 Å². The summed E-state index contributed by atoms with van der Waals surface area (Å²) in [6.07, 6.45) is 7.37. The Kier molecular flexibility index (Phi) is 7.21. The summed E-state index contributed by atoms with van der Waals surface area (Å²) in [5, 5.41) is 2.06. The van der Waals surface area contributed by atoms with Gasteiger partial charge in [-0.3, -0.25) is 4.79 Å². The number of nitrogens with zero attached hydrogens (tertiary/aromatic N) is 2. The first-order chi connectivity index (χ1) is 16.7. The fourth-order valence-electron chi connectivity index (χ4n) is 4.67. The summed E-state index contributed by atoms with van der Waals surface area (Å²) in [7, 11) is 1.62. The Morgan fingerprint density at radius 1 is 1.20 bits per heavy atom. The molecule has 8 nitrogen and oxygen atoms in total. The molecule has 4 rings (SSSR count). The number of nitrogens with one attached hydrogen (secondary N) is 1. The fourth-order valence-corrected chi connectivity index (χ4v) is 4.67. The molecule has 0 aliphatic carbocycles. The van der Waals surface area contributed by atoms with Gasteiger partial charge in [-0.2, -0.15) is 0 Å². The SMILES string of the molecule is CCOC(=O)c1cn2c(cc1=O)-c1cc(OC)c(OCCCN3C=CCN3)cc1CC2C(C)(C)C. The highest BCUT2D eigenvalue weighted by atomic mass is 16.5. The molecule has 188 valence electrons. The highest BCUT2D eigenvalue weighted by Crippen LogP contribution is 2.45. The molecular formula is C27H35N3O5. The van der Waals surface area contributed by atoms with Crippen molar-refractivity contribution in [3.8, 4) is 22.8 Å². The molecule has 8 heteroatoms. The smallest absolute Gasteiger partial charge is 0.343 e. The van der Waals surface area contributed by atoms with Gasteiger partial charge >= 0.3 is 5.97 Å². The van der Waals surface area contributed by atoms with Gasteiger partial charge in [0, 0.05) is 49.6 Å². The van der Waals surface area contributed by atoms with Crippen LogP contribution in [-0.2, 0) is 11.2 Å². The van der Waals surface area contributed by atoms with Gasteiger partial charge in [-0.1, -0.05) is 26.8 Å². The number of hydrogen-bond acceptors (Lipinski definition) is 7. The minimum atomic E-state index is -0.591. The second-order valence-corrected chi connectivity index (χ2v) is 9.95. The van der Waals surface area contributed by atoms with Gasteiger partial charge in [0.2, 0.25) is 0 Å². The van der Waals surface area contributed by atoms with Crippen molar-refractivity contribution in [2.75, 3.05) is 33.4 Å². The van der Waals surface area contributed by atoms with E-state index in [0.717, 1.165) is 42.8 Å². The number of aromatic nitrogens is 1. The van der Waals surface area contributed by atoms with Crippen LogP contribution in [-0.4, -0.2) is 49.0 Å². The summed E-state index contributed by atoms with van der Waals surface area (Å²) in [5.41, 5.74) is 5.61. The van der Waals surface area contributed by atoms with E-state index in [9.17, 15) is 9.59 Å². The Balaban J connectivity index is 1.68. The summed E-state index contributed by atoms with van der Waals surface area (Å²) >= 11 is 0. The molecule has 3 heterocycles. The summed E-state index contributed by atoms with van der Waals surface area (Å²) < 4.78 is 19.0. The molecule has 35 heavy (non-hydrogen) atoms. The molecule has 0 bridgehead atoms. The lowest BCUT2D eigenvalue weighted by atomic mass is 9.78. The first-order valence-corrected chi connectivity index (χ1v) is 12.2. The molecule has 2 aromatic rings. The summed E-state index contributed by atoms with van der Waals surface area (Å²) in [6.45, 7) is 10.7. The van der Waals surface area contributed by atoms with Crippen molar-refractivity contribution < 1.29 is 19.0 Å². The van der Waals surface area contributed by atoms with E-state index in [1.54, 1.807) is 26.3 Å². The van der Waals surface area contributed by atoms with E-state index >= 15 is 0 Å². The van der Waals surface area contributed by atoms with Crippen molar-refractivity contribution in [1.29, 1.82) is 0 Å². The molecule has 0 amide bonds. The highest BCUT2D eigenvalue weighted by molar-refractivity contribution is 5.89. The number of hydrogen-bond donors (Lipinski definition) is 1. The lowest BCUT2D eigenvalue weighted by molar-refractivity contribution is 0.0523. The van der Waals surface area contributed by atoms with E-state index in [2.05, 4.69) is 37.3 Å². The van der Waals surface area contributed by atoms with Crippen LogP contribution in [0, 0.1) is 5.41 Å². The van der Waals surface area contributed by atoms with Gasteiger partial charge in [-0.05, 0) is 36.5 Å². The van der Waals surface area contributed by atoms with Gasteiger partial charge in [0.25, 0.3) is 0 Å². The molecular weight excluding hydrogens is 446 g/mol. The fraction of sp³-hybridized carbons (Fsp3) is 0.481. The van der Waals surface area contributed by atoms with Crippen molar-refractivity contribution in [2.24, 2.45) is 5.41 Å². The average molecular weight is 482 g/mol. The zero-order valence-corrected chi connectivity index (χ0v) is 21.2. The third kappa shape index (κ3) is 5.22. The van der Waals surface area contributed by atoms with Crippen LogP contribution in [0.4, 0.5) is 0 Å². The maximum absolute atomic E-state index is 12.9. The molecule has 2 aliphatic rings. The standard InChI is InChI=1S/C27H35N3O5/c1-6-34-26(32)20-17-30-21(16-22(20)31)19-15-23(33-5)24(13-18(19)14-25(30)27(2,3)4)35-12-8-11-29-10-7-9-28-29/h7,10,13,15-17,25,28H,6,8-9,11-12,14H2,1-5H3. The van der Waals surface area contributed by atoms with E-state index in [0.29, 0.717) is 18.1 Å². The van der Waals surface area contributed by atoms with Crippen LogP contribution in [0.15, 0.2) is 41.5 Å². The van der Waals surface area contributed by atoms with Crippen LogP contribution in [0.1, 0.15) is 56.1 Å². The number of benzene rings is 1.